The lowest BCUT2D eigenvalue weighted by atomic mass is 10.1. The van der Waals surface area contributed by atoms with Crippen LogP contribution in [0.3, 0.4) is 0 Å². The van der Waals surface area contributed by atoms with Gasteiger partial charge in [-0.05, 0) is 29.8 Å². The van der Waals surface area contributed by atoms with E-state index in [9.17, 15) is 4.39 Å². The van der Waals surface area contributed by atoms with Crippen LogP contribution in [0.5, 0.6) is 0 Å². The summed E-state index contributed by atoms with van der Waals surface area (Å²) in [5.74, 6) is -0.327. The van der Waals surface area contributed by atoms with E-state index < -0.39 is 0 Å². The lowest BCUT2D eigenvalue weighted by molar-refractivity contribution is 0.620. The Morgan fingerprint density at radius 3 is 2.68 bits per heavy atom. The van der Waals surface area contributed by atoms with Crippen molar-refractivity contribution in [3.63, 3.8) is 0 Å². The molecule has 1 heterocycles. The molecule has 6 heteroatoms. The highest BCUT2D eigenvalue weighted by atomic mass is 35.5. The summed E-state index contributed by atoms with van der Waals surface area (Å²) >= 11 is 6.00. The fourth-order valence-electron chi connectivity index (χ4n) is 2.35. The van der Waals surface area contributed by atoms with Crippen LogP contribution in [-0.2, 0) is 13.1 Å². The molecule has 0 fully saturated rings. The maximum absolute atomic E-state index is 14.1. The molecule has 0 radical (unpaired) electrons. The zero-order chi connectivity index (χ0) is 15.5. The van der Waals surface area contributed by atoms with Crippen molar-refractivity contribution in [1.82, 2.24) is 15.0 Å². The molecule has 0 spiro atoms. The van der Waals surface area contributed by atoms with Crippen LogP contribution in [0.4, 0.5) is 4.39 Å². The number of hydrogen-bond acceptors (Lipinski definition) is 3. The second kappa shape index (κ2) is 6.25. The Kier molecular flexibility index (Phi) is 4.18. The molecule has 0 amide bonds. The zero-order valence-corrected chi connectivity index (χ0v) is 12.5. The summed E-state index contributed by atoms with van der Waals surface area (Å²) < 4.78 is 15.8. The molecule has 0 saturated heterocycles. The van der Waals surface area contributed by atoms with Gasteiger partial charge in [-0.2, -0.15) is 0 Å². The molecule has 3 aromatic rings. The van der Waals surface area contributed by atoms with E-state index >= 15 is 0 Å². The van der Waals surface area contributed by atoms with Crippen molar-refractivity contribution >= 4 is 11.6 Å². The number of nitrogens with zero attached hydrogens (tertiary/aromatic N) is 3. The van der Waals surface area contributed by atoms with Gasteiger partial charge in [0.25, 0.3) is 0 Å². The third-order valence-corrected chi connectivity index (χ3v) is 3.58. The van der Waals surface area contributed by atoms with E-state index in [4.69, 9.17) is 17.3 Å². The van der Waals surface area contributed by atoms with Crippen LogP contribution in [0.2, 0.25) is 5.02 Å². The number of benzene rings is 2. The molecule has 0 unspecified atom stereocenters. The fraction of sp³-hybridized carbons (Fsp3) is 0.125. The van der Waals surface area contributed by atoms with E-state index in [1.165, 1.54) is 6.07 Å². The first kappa shape index (κ1) is 14.7. The average Bonchev–Trinajstić information content (AvgIpc) is 2.90. The highest BCUT2D eigenvalue weighted by molar-refractivity contribution is 6.30. The lowest BCUT2D eigenvalue weighted by Gasteiger charge is -2.09. The molecular formula is C16H14ClFN4. The molecule has 112 valence electrons. The Bertz CT molecular complexity index is 800. The molecule has 2 aromatic carbocycles. The summed E-state index contributed by atoms with van der Waals surface area (Å²) in [5, 5.41) is 8.81. The summed E-state index contributed by atoms with van der Waals surface area (Å²) in [6.45, 7) is 0.635. The Morgan fingerprint density at radius 1 is 1.14 bits per heavy atom. The quantitative estimate of drug-likeness (QED) is 0.804. The van der Waals surface area contributed by atoms with E-state index in [1.807, 2.05) is 18.2 Å². The van der Waals surface area contributed by atoms with Crippen molar-refractivity contribution in [2.45, 2.75) is 13.1 Å². The number of rotatable bonds is 4. The normalized spacial score (nSPS) is 10.9. The molecule has 0 atom stereocenters. The maximum Gasteiger partial charge on any atom is 0.132 e. The standard InChI is InChI=1S/C16H14ClFN4/c17-12-5-3-4-11(8-12)10-22-16(15(9-19)20-21-22)13-6-1-2-7-14(13)18/h1-8H,9-10,19H2. The summed E-state index contributed by atoms with van der Waals surface area (Å²) in [7, 11) is 0. The van der Waals surface area contributed by atoms with Crippen molar-refractivity contribution < 1.29 is 4.39 Å². The van der Waals surface area contributed by atoms with E-state index in [0.29, 0.717) is 28.5 Å². The molecule has 0 bridgehead atoms. The number of nitrogens with two attached hydrogens (primary N) is 1. The topological polar surface area (TPSA) is 56.7 Å². The SMILES string of the molecule is NCc1nnn(Cc2cccc(Cl)c2)c1-c1ccccc1F. The van der Waals surface area contributed by atoms with E-state index in [1.54, 1.807) is 28.9 Å². The van der Waals surface area contributed by atoms with Crippen LogP contribution in [0.15, 0.2) is 48.5 Å². The van der Waals surface area contributed by atoms with Gasteiger partial charge in [-0.25, -0.2) is 9.07 Å². The minimum absolute atomic E-state index is 0.194. The molecule has 0 saturated carbocycles. The van der Waals surface area contributed by atoms with E-state index in [-0.39, 0.29) is 12.4 Å². The van der Waals surface area contributed by atoms with Crippen LogP contribution in [0.25, 0.3) is 11.3 Å². The first-order valence-electron chi connectivity index (χ1n) is 6.81. The van der Waals surface area contributed by atoms with Crippen molar-refractivity contribution in [1.29, 1.82) is 0 Å². The van der Waals surface area contributed by atoms with E-state index in [0.717, 1.165) is 5.56 Å². The van der Waals surface area contributed by atoms with E-state index in [2.05, 4.69) is 10.3 Å². The Labute approximate surface area is 132 Å². The van der Waals surface area contributed by atoms with Gasteiger partial charge in [-0.1, -0.05) is 41.1 Å². The second-order valence-electron chi connectivity index (χ2n) is 4.86. The molecule has 0 aliphatic carbocycles. The van der Waals surface area contributed by atoms with Gasteiger partial charge in [0.1, 0.15) is 11.5 Å². The van der Waals surface area contributed by atoms with Crippen LogP contribution >= 0.6 is 11.6 Å². The minimum atomic E-state index is -0.327. The van der Waals surface area contributed by atoms with Crippen molar-refractivity contribution in [2.24, 2.45) is 5.73 Å². The lowest BCUT2D eigenvalue weighted by Crippen LogP contribution is -2.06. The van der Waals surface area contributed by atoms with Gasteiger partial charge in [0.2, 0.25) is 0 Å². The van der Waals surface area contributed by atoms with Gasteiger partial charge in [-0.3, -0.25) is 0 Å². The fourth-order valence-corrected chi connectivity index (χ4v) is 2.57. The average molecular weight is 317 g/mol. The van der Waals surface area contributed by atoms with Crippen molar-refractivity contribution in [3.05, 3.63) is 70.6 Å². The van der Waals surface area contributed by atoms with Gasteiger partial charge in [0.05, 0.1) is 12.2 Å². The molecule has 2 N–H and O–H groups in total. The monoisotopic (exact) mass is 316 g/mol. The zero-order valence-electron chi connectivity index (χ0n) is 11.7. The second-order valence-corrected chi connectivity index (χ2v) is 5.29. The van der Waals surface area contributed by atoms with Crippen LogP contribution < -0.4 is 5.73 Å². The number of hydrogen-bond donors (Lipinski definition) is 1. The summed E-state index contributed by atoms with van der Waals surface area (Å²) in [4.78, 5) is 0. The molecule has 4 nitrogen and oxygen atoms in total. The van der Waals surface area contributed by atoms with Gasteiger partial charge in [0, 0.05) is 17.1 Å². The minimum Gasteiger partial charge on any atom is -0.325 e. The molecule has 0 aliphatic heterocycles. The largest absolute Gasteiger partial charge is 0.325 e. The Hall–Kier alpha value is -2.24. The summed E-state index contributed by atoms with van der Waals surface area (Å²) in [6.07, 6.45) is 0. The molecule has 0 aliphatic rings. The Balaban J connectivity index is 2.06. The molecule has 22 heavy (non-hydrogen) atoms. The van der Waals surface area contributed by atoms with Gasteiger partial charge in [-0.15, -0.1) is 5.10 Å². The van der Waals surface area contributed by atoms with Crippen LogP contribution in [0, 0.1) is 5.82 Å². The van der Waals surface area contributed by atoms with Gasteiger partial charge in [0.15, 0.2) is 0 Å². The Morgan fingerprint density at radius 2 is 1.95 bits per heavy atom. The highest BCUT2D eigenvalue weighted by Gasteiger charge is 2.17. The van der Waals surface area contributed by atoms with Gasteiger partial charge >= 0.3 is 0 Å². The maximum atomic E-state index is 14.1. The third-order valence-electron chi connectivity index (χ3n) is 3.35. The highest BCUT2D eigenvalue weighted by Crippen LogP contribution is 2.25. The summed E-state index contributed by atoms with van der Waals surface area (Å²) in [5.41, 5.74) is 8.27. The van der Waals surface area contributed by atoms with Crippen LogP contribution in [-0.4, -0.2) is 15.0 Å². The van der Waals surface area contributed by atoms with Crippen molar-refractivity contribution in [3.8, 4) is 11.3 Å². The number of halogens is 2. The first-order chi connectivity index (χ1) is 10.7. The third kappa shape index (κ3) is 2.86. The predicted molar refractivity (Wildman–Crippen MR) is 83.9 cm³/mol. The number of aromatic nitrogens is 3. The predicted octanol–water partition coefficient (Wildman–Crippen LogP) is 3.24. The molecule has 1 aromatic heterocycles. The molecular weight excluding hydrogens is 303 g/mol. The summed E-state index contributed by atoms with van der Waals surface area (Å²) in [6, 6.07) is 14.0. The smallest absolute Gasteiger partial charge is 0.132 e. The van der Waals surface area contributed by atoms with Crippen LogP contribution in [0.1, 0.15) is 11.3 Å². The first-order valence-corrected chi connectivity index (χ1v) is 7.18. The van der Waals surface area contributed by atoms with Gasteiger partial charge < -0.3 is 5.73 Å². The molecule has 3 rings (SSSR count). The van der Waals surface area contributed by atoms with Crippen molar-refractivity contribution in [2.75, 3.05) is 0 Å².